The topological polar surface area (TPSA) is 50.5 Å². The van der Waals surface area contributed by atoms with Gasteiger partial charge in [0.15, 0.2) is 0 Å². The van der Waals surface area contributed by atoms with E-state index in [0.717, 1.165) is 33.5 Å². The molecule has 0 amide bonds. The van der Waals surface area contributed by atoms with Crippen LogP contribution in [0.5, 0.6) is 0 Å². The van der Waals surface area contributed by atoms with Crippen LogP contribution in [-0.4, -0.2) is 45.9 Å². The van der Waals surface area contributed by atoms with E-state index in [0.29, 0.717) is 43.8 Å². The highest BCUT2D eigenvalue weighted by Gasteiger charge is 2.31. The Morgan fingerprint density at radius 1 is 1.12 bits per heavy atom. The van der Waals surface area contributed by atoms with E-state index in [2.05, 4.69) is 4.98 Å². The predicted octanol–water partition coefficient (Wildman–Crippen LogP) is 4.43. The molecule has 32 heavy (non-hydrogen) atoms. The van der Waals surface area contributed by atoms with Crippen LogP contribution in [0, 0.1) is 20.8 Å². The first-order valence-electron chi connectivity index (χ1n) is 10.7. The largest absolute Gasteiger partial charge is 0.416 e. The molecule has 8 heteroatoms. The number of benzene rings is 1. The fraction of sp³-hybridized carbons (Fsp3) is 0.458. The number of pyridine rings is 1. The third kappa shape index (κ3) is 4.14. The molecule has 0 saturated carbocycles. The summed E-state index contributed by atoms with van der Waals surface area (Å²) in [6.07, 6.45) is -2.92. The summed E-state index contributed by atoms with van der Waals surface area (Å²) in [4.78, 5) is 6.49. The first kappa shape index (κ1) is 22.8. The first-order chi connectivity index (χ1) is 15.1. The van der Waals surface area contributed by atoms with Crippen molar-refractivity contribution in [2.75, 3.05) is 26.3 Å². The molecule has 3 aromatic rings. The van der Waals surface area contributed by atoms with Crippen LogP contribution in [-0.2, 0) is 24.4 Å². The van der Waals surface area contributed by atoms with E-state index >= 15 is 0 Å². The lowest BCUT2D eigenvalue weighted by Crippen LogP contribution is -2.39. The zero-order valence-electron chi connectivity index (χ0n) is 18.8. The molecule has 4 rings (SSSR count). The number of alkyl halides is 3. The summed E-state index contributed by atoms with van der Waals surface area (Å²) in [5, 5.41) is 11.7. The zero-order chi connectivity index (χ0) is 23.2. The minimum atomic E-state index is -4.38. The van der Waals surface area contributed by atoms with Crippen LogP contribution in [0.15, 0.2) is 24.4 Å². The number of halogens is 3. The van der Waals surface area contributed by atoms with Crippen LogP contribution in [0.25, 0.3) is 10.9 Å². The molecule has 3 heterocycles. The maximum Gasteiger partial charge on any atom is 0.416 e. The summed E-state index contributed by atoms with van der Waals surface area (Å²) in [7, 11) is 1.79. The molecule has 172 valence electrons. The Morgan fingerprint density at radius 2 is 1.81 bits per heavy atom. The number of nitrogens with zero attached hydrogens (tertiary/aromatic N) is 3. The van der Waals surface area contributed by atoms with Gasteiger partial charge in [-0.2, -0.15) is 13.2 Å². The van der Waals surface area contributed by atoms with E-state index in [-0.39, 0.29) is 0 Å². The number of aliphatic hydroxyl groups excluding tert-OH is 1. The van der Waals surface area contributed by atoms with Gasteiger partial charge in [-0.3, -0.25) is 9.88 Å². The smallest absolute Gasteiger partial charge is 0.379 e. The Morgan fingerprint density at radius 3 is 2.47 bits per heavy atom. The average molecular weight is 448 g/mol. The number of aliphatic hydroxyl groups is 1. The third-order valence-electron chi connectivity index (χ3n) is 6.54. The number of aryl methyl sites for hydroxylation is 3. The van der Waals surface area contributed by atoms with Crippen molar-refractivity contribution in [2.24, 2.45) is 7.05 Å². The van der Waals surface area contributed by atoms with Crippen molar-refractivity contribution in [2.45, 2.75) is 39.6 Å². The Bertz CT molecular complexity index is 1150. The van der Waals surface area contributed by atoms with Crippen molar-refractivity contribution in [1.82, 2.24) is 14.5 Å². The summed E-state index contributed by atoms with van der Waals surface area (Å²) in [6.45, 7) is 8.05. The van der Waals surface area contributed by atoms with Crippen LogP contribution < -0.4 is 0 Å². The van der Waals surface area contributed by atoms with Gasteiger partial charge in [-0.1, -0.05) is 0 Å². The van der Waals surface area contributed by atoms with Crippen molar-refractivity contribution in [3.63, 3.8) is 0 Å². The van der Waals surface area contributed by atoms with Gasteiger partial charge < -0.3 is 14.4 Å². The molecule has 1 aromatic carbocycles. The van der Waals surface area contributed by atoms with Gasteiger partial charge in [0, 0.05) is 60.6 Å². The van der Waals surface area contributed by atoms with E-state index in [1.165, 1.54) is 12.1 Å². The fourth-order valence-corrected chi connectivity index (χ4v) is 4.50. The average Bonchev–Trinajstić information content (AvgIpc) is 3.07. The minimum Gasteiger partial charge on any atom is -0.379 e. The maximum absolute atomic E-state index is 13.3. The lowest BCUT2D eigenvalue weighted by atomic mass is 9.97. The second-order valence-corrected chi connectivity index (χ2v) is 8.52. The SMILES string of the molecule is Cc1ncc(C(O)N2CCOCC2)c(C)c1Cc1cc2c(C)cc(C(F)(F)F)cc2n1C. The lowest BCUT2D eigenvalue weighted by Gasteiger charge is -2.32. The van der Waals surface area contributed by atoms with Gasteiger partial charge in [0.2, 0.25) is 0 Å². The van der Waals surface area contributed by atoms with E-state index in [9.17, 15) is 18.3 Å². The molecule has 1 unspecified atom stereocenters. The van der Waals surface area contributed by atoms with Gasteiger partial charge in [-0.15, -0.1) is 0 Å². The van der Waals surface area contributed by atoms with Crippen LogP contribution in [0.1, 0.15) is 45.4 Å². The summed E-state index contributed by atoms with van der Waals surface area (Å²) < 4.78 is 47.1. The first-order valence-corrected chi connectivity index (χ1v) is 10.7. The standard InChI is InChI=1S/C24H28F3N3O2/c1-14-9-17(24(25,26)27)10-22-19(14)11-18(29(22)4)12-20-15(2)21(13-28-16(20)3)23(31)30-5-7-32-8-6-30/h9-11,13,23,31H,5-8,12H2,1-4H3. The monoisotopic (exact) mass is 447 g/mol. The Hall–Kier alpha value is -2.42. The maximum atomic E-state index is 13.3. The molecule has 0 radical (unpaired) electrons. The molecule has 0 spiro atoms. The van der Waals surface area contributed by atoms with Crippen LogP contribution in [0.3, 0.4) is 0 Å². The summed E-state index contributed by atoms with van der Waals surface area (Å²) in [5.74, 6) is 0. The quantitative estimate of drug-likeness (QED) is 0.643. The minimum absolute atomic E-state index is 0.514. The highest BCUT2D eigenvalue weighted by molar-refractivity contribution is 5.85. The molecule has 2 aromatic heterocycles. The molecule has 0 aliphatic carbocycles. The normalized spacial score (nSPS) is 16.6. The molecule has 1 aliphatic rings. The Labute approximate surface area is 185 Å². The second-order valence-electron chi connectivity index (χ2n) is 8.52. The van der Waals surface area contributed by atoms with Crippen LogP contribution in [0.4, 0.5) is 13.2 Å². The number of hydrogen-bond acceptors (Lipinski definition) is 4. The van der Waals surface area contributed by atoms with Crippen molar-refractivity contribution in [3.8, 4) is 0 Å². The van der Waals surface area contributed by atoms with Crippen molar-refractivity contribution in [1.29, 1.82) is 0 Å². The van der Waals surface area contributed by atoms with E-state index in [4.69, 9.17) is 4.74 Å². The van der Waals surface area contributed by atoms with E-state index in [1.807, 2.05) is 29.4 Å². The number of morpholine rings is 1. The van der Waals surface area contributed by atoms with Gasteiger partial charge in [0.05, 0.1) is 18.8 Å². The second kappa shape index (κ2) is 8.50. The molecule has 1 N–H and O–H groups in total. The van der Waals surface area contributed by atoms with Crippen LogP contribution in [0.2, 0.25) is 0 Å². The Balaban J connectivity index is 1.72. The molecule has 1 atom stereocenters. The molecule has 1 aliphatic heterocycles. The molecule has 0 bridgehead atoms. The summed E-state index contributed by atoms with van der Waals surface area (Å²) in [6, 6.07) is 4.36. The van der Waals surface area contributed by atoms with E-state index < -0.39 is 18.0 Å². The van der Waals surface area contributed by atoms with Crippen LogP contribution >= 0.6 is 0 Å². The molecule has 1 saturated heterocycles. The number of ether oxygens (including phenoxy) is 1. The highest BCUT2D eigenvalue weighted by atomic mass is 19.4. The number of aromatic nitrogens is 2. The lowest BCUT2D eigenvalue weighted by molar-refractivity contribution is -0.137. The van der Waals surface area contributed by atoms with Crippen molar-refractivity contribution < 1.29 is 23.0 Å². The van der Waals surface area contributed by atoms with Crippen molar-refractivity contribution in [3.05, 3.63) is 63.6 Å². The van der Waals surface area contributed by atoms with Gasteiger partial charge in [-0.25, -0.2) is 0 Å². The summed E-state index contributed by atoms with van der Waals surface area (Å²) in [5.41, 5.74) is 4.94. The molecule has 5 nitrogen and oxygen atoms in total. The van der Waals surface area contributed by atoms with Gasteiger partial charge in [-0.05, 0) is 55.7 Å². The van der Waals surface area contributed by atoms with Gasteiger partial charge in [0.25, 0.3) is 0 Å². The molecular weight excluding hydrogens is 419 g/mol. The summed E-state index contributed by atoms with van der Waals surface area (Å²) >= 11 is 0. The Kier molecular flexibility index (Phi) is 6.04. The molecule has 1 fully saturated rings. The number of fused-ring (bicyclic) bond motifs is 1. The molecular formula is C24H28F3N3O2. The highest BCUT2D eigenvalue weighted by Crippen LogP contribution is 2.35. The fourth-order valence-electron chi connectivity index (χ4n) is 4.50. The van der Waals surface area contributed by atoms with Gasteiger partial charge >= 0.3 is 6.18 Å². The number of rotatable bonds is 4. The number of hydrogen-bond donors (Lipinski definition) is 1. The van der Waals surface area contributed by atoms with Crippen molar-refractivity contribution >= 4 is 10.9 Å². The predicted molar refractivity (Wildman–Crippen MR) is 117 cm³/mol. The zero-order valence-corrected chi connectivity index (χ0v) is 18.8. The third-order valence-corrected chi connectivity index (χ3v) is 6.54. The van der Waals surface area contributed by atoms with Gasteiger partial charge in [0.1, 0.15) is 6.23 Å². The van der Waals surface area contributed by atoms with E-state index in [1.54, 1.807) is 20.2 Å².